The second-order valence-electron chi connectivity index (χ2n) is 7.45. The average molecular weight is 491 g/mol. The van der Waals surface area contributed by atoms with Crippen LogP contribution in [0.5, 0.6) is 0 Å². The maximum atomic E-state index is 13.4. The minimum Gasteiger partial charge on any atom is -0.345 e. The molecular formula is C26H22N2O4S2. The van der Waals surface area contributed by atoms with E-state index in [-0.39, 0.29) is 9.79 Å². The molecule has 0 aliphatic carbocycles. The van der Waals surface area contributed by atoms with Crippen LogP contribution in [0.3, 0.4) is 0 Å². The smallest absolute Gasteiger partial charge is 0.219 e. The molecule has 34 heavy (non-hydrogen) atoms. The number of hydrogen-bond donors (Lipinski definition) is 1. The van der Waals surface area contributed by atoms with E-state index >= 15 is 0 Å². The Morgan fingerprint density at radius 1 is 0.676 bits per heavy atom. The molecule has 0 aliphatic heterocycles. The van der Waals surface area contributed by atoms with Gasteiger partial charge in [-0.05, 0) is 53.9 Å². The zero-order valence-corrected chi connectivity index (χ0v) is 19.7. The lowest BCUT2D eigenvalue weighted by Gasteiger charge is -2.12. The van der Waals surface area contributed by atoms with Crippen LogP contribution >= 0.6 is 0 Å². The van der Waals surface area contributed by atoms with Crippen molar-refractivity contribution in [2.45, 2.75) is 16.2 Å². The Labute approximate surface area is 199 Å². The summed E-state index contributed by atoms with van der Waals surface area (Å²) in [6, 6.07) is 28.4. The number of benzene rings is 3. The van der Waals surface area contributed by atoms with E-state index < -0.39 is 23.9 Å². The number of rotatable bonds is 8. The summed E-state index contributed by atoms with van der Waals surface area (Å²) in [4.78, 5) is 3.98. The van der Waals surface area contributed by atoms with E-state index in [0.717, 1.165) is 17.3 Å². The molecule has 1 aromatic heterocycles. The van der Waals surface area contributed by atoms with E-state index in [1.165, 1.54) is 24.3 Å². The predicted octanol–water partition coefficient (Wildman–Crippen LogP) is 4.83. The first kappa shape index (κ1) is 23.4. The zero-order chi connectivity index (χ0) is 24.0. The van der Waals surface area contributed by atoms with Crippen LogP contribution in [-0.4, -0.2) is 21.8 Å². The zero-order valence-electron chi connectivity index (χ0n) is 18.1. The lowest BCUT2D eigenvalue weighted by Crippen LogP contribution is -2.16. The van der Waals surface area contributed by atoms with E-state index in [2.05, 4.69) is 10.3 Å². The summed E-state index contributed by atoms with van der Waals surface area (Å²) in [6.45, 7) is 0. The number of anilines is 1. The van der Waals surface area contributed by atoms with Crippen molar-refractivity contribution in [1.82, 2.24) is 4.98 Å². The van der Waals surface area contributed by atoms with Crippen molar-refractivity contribution < 1.29 is 16.8 Å². The van der Waals surface area contributed by atoms with Gasteiger partial charge in [0.1, 0.15) is 5.82 Å². The highest BCUT2D eigenvalue weighted by molar-refractivity contribution is 8.14. The Kier molecular flexibility index (Phi) is 6.90. The fourth-order valence-electron chi connectivity index (χ4n) is 3.36. The van der Waals surface area contributed by atoms with Crippen molar-refractivity contribution in [3.05, 3.63) is 131 Å². The molecule has 6 nitrogen and oxygen atoms in total. The van der Waals surface area contributed by atoms with Gasteiger partial charge in [-0.25, -0.2) is 21.8 Å². The molecule has 1 heterocycles. The van der Waals surface area contributed by atoms with Gasteiger partial charge in [0, 0.05) is 12.4 Å². The van der Waals surface area contributed by atoms with Crippen LogP contribution in [-0.2, 0) is 26.1 Å². The third-order valence-electron chi connectivity index (χ3n) is 5.05. The second kappa shape index (κ2) is 10.0. The number of nitrogens with zero attached hydrogens (tertiary/aromatic N) is 1. The first-order valence-electron chi connectivity index (χ1n) is 10.4. The van der Waals surface area contributed by atoms with Crippen LogP contribution in [0.4, 0.5) is 5.82 Å². The van der Waals surface area contributed by atoms with E-state index in [1.54, 1.807) is 48.7 Å². The first-order valence-corrected chi connectivity index (χ1v) is 13.4. The van der Waals surface area contributed by atoms with Crippen molar-refractivity contribution in [2.24, 2.45) is 0 Å². The van der Waals surface area contributed by atoms with Gasteiger partial charge in [0.15, 0.2) is 4.24 Å². The molecule has 0 radical (unpaired) electrons. The standard InChI is InChI=1S/C26H22N2O4S2/c29-33(30,23-12-6-2-7-13-23)26(34(31,32)24-14-8-3-9-15-24)20-28-25-19-22(16-17-27-25)18-21-10-4-1-5-11-21/h1-17,19-20H,18H2,(H,27,28). The molecule has 0 unspecified atom stereocenters. The van der Waals surface area contributed by atoms with Crippen molar-refractivity contribution in [3.63, 3.8) is 0 Å². The summed E-state index contributed by atoms with van der Waals surface area (Å²) in [5.41, 5.74) is 2.05. The summed E-state index contributed by atoms with van der Waals surface area (Å²) in [7, 11) is -8.71. The highest BCUT2D eigenvalue weighted by Crippen LogP contribution is 2.29. The second-order valence-corrected chi connectivity index (χ2v) is 11.5. The minimum atomic E-state index is -4.35. The quantitative estimate of drug-likeness (QED) is 0.380. The average Bonchev–Trinajstić information content (AvgIpc) is 2.86. The van der Waals surface area contributed by atoms with E-state index in [1.807, 2.05) is 36.4 Å². The Morgan fingerprint density at radius 3 is 1.71 bits per heavy atom. The highest BCUT2D eigenvalue weighted by Gasteiger charge is 2.33. The molecule has 8 heteroatoms. The van der Waals surface area contributed by atoms with Crippen molar-refractivity contribution in [2.75, 3.05) is 5.32 Å². The van der Waals surface area contributed by atoms with E-state index in [0.29, 0.717) is 12.2 Å². The molecule has 4 aromatic rings. The fraction of sp³-hybridized carbons (Fsp3) is 0.0385. The van der Waals surface area contributed by atoms with Gasteiger partial charge in [-0.2, -0.15) is 0 Å². The van der Waals surface area contributed by atoms with Crippen LogP contribution in [0, 0.1) is 0 Å². The number of aromatic nitrogens is 1. The van der Waals surface area contributed by atoms with Crippen molar-refractivity contribution in [1.29, 1.82) is 0 Å². The molecule has 1 N–H and O–H groups in total. The molecule has 4 rings (SSSR count). The van der Waals surface area contributed by atoms with Gasteiger partial charge in [0.2, 0.25) is 19.7 Å². The fourth-order valence-corrected chi connectivity index (χ4v) is 7.02. The molecule has 0 saturated heterocycles. The van der Waals surface area contributed by atoms with Gasteiger partial charge in [-0.1, -0.05) is 66.7 Å². The Balaban J connectivity index is 1.73. The van der Waals surface area contributed by atoms with Crippen molar-refractivity contribution >= 4 is 25.5 Å². The van der Waals surface area contributed by atoms with Gasteiger partial charge >= 0.3 is 0 Å². The first-order chi connectivity index (χ1) is 16.4. The van der Waals surface area contributed by atoms with Crippen LogP contribution in [0.25, 0.3) is 0 Å². The van der Waals surface area contributed by atoms with Crippen molar-refractivity contribution in [3.8, 4) is 0 Å². The normalized spacial score (nSPS) is 11.5. The van der Waals surface area contributed by atoms with Gasteiger partial charge in [0.05, 0.1) is 9.79 Å². The molecule has 0 atom stereocenters. The molecule has 0 saturated carbocycles. The largest absolute Gasteiger partial charge is 0.345 e. The predicted molar refractivity (Wildman–Crippen MR) is 132 cm³/mol. The summed E-state index contributed by atoms with van der Waals surface area (Å²) >= 11 is 0. The Bertz CT molecular complexity index is 1430. The molecule has 0 aliphatic rings. The maximum Gasteiger partial charge on any atom is 0.219 e. The summed E-state index contributed by atoms with van der Waals surface area (Å²) < 4.78 is 52.7. The van der Waals surface area contributed by atoms with E-state index in [9.17, 15) is 16.8 Å². The van der Waals surface area contributed by atoms with Crippen LogP contribution < -0.4 is 5.32 Å². The molecule has 0 spiro atoms. The summed E-state index contributed by atoms with van der Waals surface area (Å²) in [5.74, 6) is 0.331. The molecule has 0 fully saturated rings. The maximum absolute atomic E-state index is 13.4. The molecule has 172 valence electrons. The highest BCUT2D eigenvalue weighted by atomic mass is 32.3. The minimum absolute atomic E-state index is 0.117. The third-order valence-corrected chi connectivity index (χ3v) is 9.45. The SMILES string of the molecule is O=S(=O)(C(=CNc1cc(Cc2ccccc2)ccn1)S(=O)(=O)c1ccccc1)c1ccccc1. The topological polar surface area (TPSA) is 93.2 Å². The molecular weight excluding hydrogens is 468 g/mol. The molecule has 3 aromatic carbocycles. The van der Waals surface area contributed by atoms with Crippen LogP contribution in [0.15, 0.2) is 130 Å². The number of pyridine rings is 1. The van der Waals surface area contributed by atoms with E-state index in [4.69, 9.17) is 0 Å². The van der Waals surface area contributed by atoms with Crippen LogP contribution in [0.1, 0.15) is 11.1 Å². The lowest BCUT2D eigenvalue weighted by molar-refractivity contribution is 0.595. The van der Waals surface area contributed by atoms with Gasteiger partial charge < -0.3 is 5.32 Å². The van der Waals surface area contributed by atoms with Gasteiger partial charge in [0.25, 0.3) is 0 Å². The number of nitrogens with one attached hydrogen (secondary N) is 1. The number of hydrogen-bond acceptors (Lipinski definition) is 6. The third kappa shape index (κ3) is 5.24. The van der Waals surface area contributed by atoms with Gasteiger partial charge in [-0.15, -0.1) is 0 Å². The monoisotopic (exact) mass is 490 g/mol. The lowest BCUT2D eigenvalue weighted by atomic mass is 10.1. The Hall–Kier alpha value is -3.75. The molecule has 0 bridgehead atoms. The van der Waals surface area contributed by atoms with Crippen LogP contribution in [0.2, 0.25) is 0 Å². The summed E-state index contributed by atoms with van der Waals surface area (Å²) in [6.07, 6.45) is 3.24. The van der Waals surface area contributed by atoms with Gasteiger partial charge in [-0.3, -0.25) is 0 Å². The number of sulfone groups is 2. The Morgan fingerprint density at radius 2 is 1.18 bits per heavy atom. The summed E-state index contributed by atoms with van der Waals surface area (Å²) in [5, 5.41) is 2.79. The molecule has 0 amide bonds.